The second-order valence-corrected chi connectivity index (χ2v) is 5.93. The maximum Gasteiger partial charge on any atom is 0.396 e. The van der Waals surface area contributed by atoms with Crippen LogP contribution in [0.25, 0.3) is 0 Å². The minimum absolute atomic E-state index is 0.00108. The van der Waals surface area contributed by atoms with Crippen LogP contribution in [0.3, 0.4) is 0 Å². The highest BCUT2D eigenvalue weighted by molar-refractivity contribution is 7.86. The molecule has 11 heteroatoms. The van der Waals surface area contributed by atoms with Crippen LogP contribution < -0.4 is 0 Å². The second kappa shape index (κ2) is 8.60. The van der Waals surface area contributed by atoms with Crippen LogP contribution in [0.15, 0.2) is 12.2 Å². The number of esters is 1. The molecule has 0 saturated carbocycles. The summed E-state index contributed by atoms with van der Waals surface area (Å²) in [5, 5.41) is -5.67. The van der Waals surface area contributed by atoms with Crippen molar-refractivity contribution in [1.29, 1.82) is 0 Å². The molecule has 0 N–H and O–H groups in total. The van der Waals surface area contributed by atoms with Gasteiger partial charge in [0.25, 0.3) is 0 Å². The zero-order valence-corrected chi connectivity index (χ0v) is 13.1. The van der Waals surface area contributed by atoms with Crippen molar-refractivity contribution in [3.05, 3.63) is 12.2 Å². The van der Waals surface area contributed by atoms with Crippen LogP contribution in [-0.4, -0.2) is 49.9 Å². The van der Waals surface area contributed by atoms with E-state index >= 15 is 0 Å². The van der Waals surface area contributed by atoms with Gasteiger partial charge in [-0.1, -0.05) is 6.58 Å². The number of hydrogen-bond acceptors (Lipinski definition) is 6. The van der Waals surface area contributed by atoms with Gasteiger partial charge in [-0.2, -0.15) is 17.6 Å². The SMILES string of the molecule is C=C(COCCCCC(F)(F)C(F)(F)S(=O)(=O)[O-])C(=O)OCC. The Bertz CT molecular complexity index is 518. The van der Waals surface area contributed by atoms with Crippen LogP contribution in [0.4, 0.5) is 17.6 Å². The minimum Gasteiger partial charge on any atom is -0.743 e. The van der Waals surface area contributed by atoms with Gasteiger partial charge in [0.2, 0.25) is 0 Å². The summed E-state index contributed by atoms with van der Waals surface area (Å²) in [6, 6.07) is 0. The molecule has 136 valence electrons. The Morgan fingerprint density at radius 2 is 1.78 bits per heavy atom. The standard InChI is InChI=1S/C12H18F4O6S/c1-3-22-10(17)9(2)8-21-7-5-4-6-11(13,14)12(15,16)23(18,19)20/h2-8H2,1H3,(H,18,19,20)/p-1. The Kier molecular flexibility index (Phi) is 8.15. The number of halogens is 4. The van der Waals surface area contributed by atoms with Crippen LogP contribution in [0.5, 0.6) is 0 Å². The van der Waals surface area contributed by atoms with Crippen molar-refractivity contribution in [2.75, 3.05) is 19.8 Å². The smallest absolute Gasteiger partial charge is 0.396 e. The number of rotatable bonds is 11. The molecule has 6 nitrogen and oxygen atoms in total. The lowest BCUT2D eigenvalue weighted by atomic mass is 10.1. The fraction of sp³-hybridized carbons (Fsp3) is 0.750. The molecule has 0 atom stereocenters. The monoisotopic (exact) mass is 365 g/mol. The third-order valence-corrected chi connectivity index (χ3v) is 3.54. The molecule has 0 bridgehead atoms. The Labute approximate surface area is 131 Å². The molecule has 0 unspecified atom stereocenters. The summed E-state index contributed by atoms with van der Waals surface area (Å²) in [6.07, 6.45) is -2.12. The number of carbonyl (C=O) groups is 1. The first-order chi connectivity index (χ1) is 10.4. The van der Waals surface area contributed by atoms with E-state index in [1.165, 1.54) is 0 Å². The summed E-state index contributed by atoms with van der Waals surface area (Å²) in [5.74, 6) is -5.65. The predicted molar refractivity (Wildman–Crippen MR) is 70.0 cm³/mol. The van der Waals surface area contributed by atoms with Crippen molar-refractivity contribution in [3.63, 3.8) is 0 Å². The van der Waals surface area contributed by atoms with Gasteiger partial charge < -0.3 is 14.0 Å². The van der Waals surface area contributed by atoms with Gasteiger partial charge in [0.15, 0.2) is 10.1 Å². The molecule has 0 aliphatic heterocycles. The average molecular weight is 365 g/mol. The van der Waals surface area contributed by atoms with Crippen molar-refractivity contribution < 1.29 is 44.8 Å². The number of hydrogen-bond donors (Lipinski definition) is 0. The normalized spacial score (nSPS) is 13.0. The number of unbranched alkanes of at least 4 members (excludes halogenated alkanes) is 1. The van der Waals surface area contributed by atoms with Gasteiger partial charge in [0.1, 0.15) is 0 Å². The Morgan fingerprint density at radius 3 is 2.26 bits per heavy atom. The predicted octanol–water partition coefficient (Wildman–Crippen LogP) is 2.07. The minimum atomic E-state index is -6.46. The zero-order valence-electron chi connectivity index (χ0n) is 12.3. The Morgan fingerprint density at radius 1 is 1.22 bits per heavy atom. The molecule has 0 spiro atoms. The van der Waals surface area contributed by atoms with Crippen molar-refractivity contribution in [3.8, 4) is 0 Å². The van der Waals surface area contributed by atoms with E-state index in [1.54, 1.807) is 6.92 Å². The van der Waals surface area contributed by atoms with E-state index in [1.807, 2.05) is 0 Å². The van der Waals surface area contributed by atoms with Crippen molar-refractivity contribution in [2.45, 2.75) is 37.4 Å². The summed E-state index contributed by atoms with van der Waals surface area (Å²) in [6.45, 7) is 4.73. The molecule has 0 aliphatic carbocycles. The maximum absolute atomic E-state index is 13.1. The van der Waals surface area contributed by atoms with E-state index in [9.17, 15) is 35.3 Å². The van der Waals surface area contributed by atoms with E-state index in [2.05, 4.69) is 11.3 Å². The van der Waals surface area contributed by atoms with E-state index in [0.29, 0.717) is 0 Å². The molecule has 0 radical (unpaired) electrons. The Hall–Kier alpha value is -1.20. The molecule has 0 rings (SSSR count). The molecular formula is C12H17F4O6S-. The molecule has 0 aromatic carbocycles. The van der Waals surface area contributed by atoms with Gasteiger partial charge in [0.05, 0.1) is 18.8 Å². The fourth-order valence-corrected chi connectivity index (χ4v) is 1.83. The summed E-state index contributed by atoms with van der Waals surface area (Å²) < 4.78 is 91.8. The van der Waals surface area contributed by atoms with Gasteiger partial charge in [0, 0.05) is 13.0 Å². The van der Waals surface area contributed by atoms with Gasteiger partial charge >= 0.3 is 17.1 Å². The third kappa shape index (κ3) is 6.43. The van der Waals surface area contributed by atoms with Crippen LogP contribution in [0.1, 0.15) is 26.2 Å². The molecule has 0 amide bonds. The third-order valence-electron chi connectivity index (χ3n) is 2.61. The first-order valence-electron chi connectivity index (χ1n) is 6.50. The largest absolute Gasteiger partial charge is 0.743 e. The molecule has 0 aliphatic rings. The number of carbonyl (C=O) groups excluding carboxylic acids is 1. The highest BCUT2D eigenvalue weighted by Gasteiger charge is 2.60. The molecule has 23 heavy (non-hydrogen) atoms. The lowest BCUT2D eigenvalue weighted by Gasteiger charge is -2.28. The highest BCUT2D eigenvalue weighted by Crippen LogP contribution is 2.41. The topological polar surface area (TPSA) is 92.7 Å². The van der Waals surface area contributed by atoms with Gasteiger partial charge in [-0.05, 0) is 19.8 Å². The second-order valence-electron chi connectivity index (χ2n) is 4.51. The maximum atomic E-state index is 13.1. The van der Waals surface area contributed by atoms with E-state index in [0.717, 1.165) is 0 Å². The van der Waals surface area contributed by atoms with Crippen molar-refractivity contribution >= 4 is 16.1 Å². The van der Waals surface area contributed by atoms with Crippen LogP contribution in [0, 0.1) is 0 Å². The highest BCUT2D eigenvalue weighted by atomic mass is 32.2. The first-order valence-corrected chi connectivity index (χ1v) is 7.91. The van der Waals surface area contributed by atoms with Crippen molar-refractivity contribution in [1.82, 2.24) is 0 Å². The number of ether oxygens (including phenoxy) is 2. The van der Waals surface area contributed by atoms with Crippen LogP contribution in [0.2, 0.25) is 0 Å². The average Bonchev–Trinajstić information content (AvgIpc) is 2.41. The Balaban J connectivity index is 4.14. The molecule has 0 aromatic rings. The van der Waals surface area contributed by atoms with E-state index in [-0.39, 0.29) is 31.8 Å². The van der Waals surface area contributed by atoms with Crippen molar-refractivity contribution in [2.24, 2.45) is 0 Å². The van der Waals surface area contributed by atoms with Gasteiger partial charge in [-0.3, -0.25) is 0 Å². The first kappa shape index (κ1) is 21.8. The lowest BCUT2D eigenvalue weighted by molar-refractivity contribution is -0.165. The number of alkyl halides is 4. The molecular weight excluding hydrogens is 348 g/mol. The van der Waals surface area contributed by atoms with Gasteiger partial charge in [-0.25, -0.2) is 13.2 Å². The summed E-state index contributed by atoms with van der Waals surface area (Å²) in [5.41, 5.74) is 0.00108. The molecule has 0 aromatic heterocycles. The fourth-order valence-electron chi connectivity index (χ4n) is 1.37. The quantitative estimate of drug-likeness (QED) is 0.183. The molecule has 0 saturated heterocycles. The molecule has 0 heterocycles. The van der Waals surface area contributed by atoms with Crippen LogP contribution in [-0.2, 0) is 24.4 Å². The lowest BCUT2D eigenvalue weighted by Crippen LogP contribution is -2.46. The van der Waals surface area contributed by atoms with E-state index < -0.39 is 40.1 Å². The summed E-state index contributed by atoms with van der Waals surface area (Å²) in [4.78, 5) is 11.1. The summed E-state index contributed by atoms with van der Waals surface area (Å²) in [7, 11) is -6.46. The van der Waals surface area contributed by atoms with Crippen LogP contribution >= 0.6 is 0 Å². The van der Waals surface area contributed by atoms with Gasteiger partial charge in [-0.15, -0.1) is 0 Å². The molecule has 0 fully saturated rings. The van der Waals surface area contributed by atoms with E-state index in [4.69, 9.17) is 4.74 Å². The zero-order chi connectivity index (χ0) is 18.3. The summed E-state index contributed by atoms with van der Waals surface area (Å²) >= 11 is 0.